The number of aromatic nitrogens is 4. The predicted molar refractivity (Wildman–Crippen MR) is 203 cm³/mol. The number of rotatable bonds is 10. The van der Waals surface area contributed by atoms with Gasteiger partial charge in [-0.15, -0.1) is 35.5 Å². The van der Waals surface area contributed by atoms with Crippen molar-refractivity contribution in [1.29, 1.82) is 0 Å². The Morgan fingerprint density at radius 2 is 1.36 bits per heavy atom. The van der Waals surface area contributed by atoms with Crippen molar-refractivity contribution in [3.05, 3.63) is 132 Å². The third-order valence-corrected chi connectivity index (χ3v) is 11.0. The van der Waals surface area contributed by atoms with E-state index in [9.17, 15) is 4.79 Å². The van der Waals surface area contributed by atoms with Crippen LogP contribution in [0.1, 0.15) is 63.6 Å². The van der Waals surface area contributed by atoms with Gasteiger partial charge in [-0.1, -0.05) is 60.4 Å². The zero-order valence-corrected chi connectivity index (χ0v) is 30.3. The first-order valence-corrected chi connectivity index (χ1v) is 18.2. The molecule has 0 spiro atoms. The molecule has 13 heteroatoms. The van der Waals surface area contributed by atoms with Crippen LogP contribution < -0.4 is 4.89 Å². The molecule has 0 atom stereocenters. The van der Waals surface area contributed by atoms with Crippen LogP contribution in [0.15, 0.2) is 83.3 Å². The molecule has 0 aliphatic carbocycles. The lowest BCUT2D eigenvalue weighted by Gasteiger charge is -2.08. The number of hydrogen-bond donors (Lipinski definition) is 0. The van der Waals surface area contributed by atoms with Gasteiger partial charge in [-0.2, -0.15) is 9.87 Å². The average Bonchev–Trinajstić information content (AvgIpc) is 3.95. The van der Waals surface area contributed by atoms with Gasteiger partial charge in [0.25, 0.3) is 5.88 Å². The minimum Gasteiger partial charge on any atom is -0.434 e. The molecule has 2 aliphatic rings. The van der Waals surface area contributed by atoms with E-state index < -0.39 is 5.97 Å². The number of thiophene rings is 2. The van der Waals surface area contributed by atoms with Gasteiger partial charge in [-0.25, -0.2) is 9.78 Å². The lowest BCUT2D eigenvalue weighted by atomic mass is 10.0. The Morgan fingerprint density at radius 1 is 0.792 bits per heavy atom. The van der Waals surface area contributed by atoms with Gasteiger partial charge in [0.1, 0.15) is 25.0 Å². The SMILES string of the molecule is C#Cc1cc2c(s1)C(c1ccccc1C)=NCc1c(OOCCOCOC(=O)c3ncn4c3CN=C(c3ccccc3C)c3sc(C#C)cc3-4)ncn1-2. The smallest absolute Gasteiger partial charge is 0.361 e. The Labute approximate surface area is 313 Å². The molecule has 0 amide bonds. The van der Waals surface area contributed by atoms with E-state index in [1.54, 1.807) is 12.7 Å². The van der Waals surface area contributed by atoms with E-state index in [1.807, 2.05) is 64.6 Å². The van der Waals surface area contributed by atoms with Gasteiger partial charge >= 0.3 is 5.97 Å². The Bertz CT molecular complexity index is 2540. The van der Waals surface area contributed by atoms with Gasteiger partial charge in [-0.3, -0.25) is 19.1 Å². The number of aryl methyl sites for hydroxylation is 2. The Kier molecular flexibility index (Phi) is 9.31. The minimum atomic E-state index is -0.633. The van der Waals surface area contributed by atoms with Crippen molar-refractivity contribution in [2.75, 3.05) is 20.0 Å². The van der Waals surface area contributed by atoms with Crippen LogP contribution >= 0.6 is 22.7 Å². The zero-order chi connectivity index (χ0) is 36.5. The number of benzene rings is 2. The number of fused-ring (bicyclic) bond motifs is 6. The van der Waals surface area contributed by atoms with E-state index >= 15 is 0 Å². The number of aliphatic imine (C=N–C) groups is 2. The molecule has 2 aliphatic heterocycles. The summed E-state index contributed by atoms with van der Waals surface area (Å²) in [6.07, 6.45) is 14.8. The molecule has 0 N–H and O–H groups in total. The maximum Gasteiger partial charge on any atom is 0.361 e. The quantitative estimate of drug-likeness (QED) is 0.0389. The number of esters is 1. The van der Waals surface area contributed by atoms with Crippen molar-refractivity contribution in [2.45, 2.75) is 26.9 Å². The average molecular weight is 739 g/mol. The molecule has 6 aromatic rings. The van der Waals surface area contributed by atoms with E-state index in [0.29, 0.717) is 17.9 Å². The number of carbonyl (C=O) groups is 1. The first kappa shape index (κ1) is 34.0. The molecule has 6 heterocycles. The van der Waals surface area contributed by atoms with Crippen LogP contribution in [0.2, 0.25) is 0 Å². The summed E-state index contributed by atoms with van der Waals surface area (Å²) in [4.78, 5) is 46.3. The predicted octanol–water partition coefficient (Wildman–Crippen LogP) is 6.60. The van der Waals surface area contributed by atoms with Gasteiger partial charge in [0.15, 0.2) is 12.5 Å². The second-order valence-electron chi connectivity index (χ2n) is 12.0. The monoisotopic (exact) mass is 738 g/mol. The van der Waals surface area contributed by atoms with Crippen LogP contribution in [0.4, 0.5) is 0 Å². The van der Waals surface area contributed by atoms with Crippen LogP contribution in [0.25, 0.3) is 11.4 Å². The molecule has 4 aromatic heterocycles. The highest BCUT2D eigenvalue weighted by molar-refractivity contribution is 7.15. The number of ether oxygens (including phenoxy) is 2. The summed E-state index contributed by atoms with van der Waals surface area (Å²) >= 11 is 2.99. The molecule has 0 bridgehead atoms. The van der Waals surface area contributed by atoms with Crippen LogP contribution in [-0.2, 0) is 27.5 Å². The molecule has 0 saturated heterocycles. The summed E-state index contributed by atoms with van der Waals surface area (Å²) in [5.41, 5.74) is 9.08. The van der Waals surface area contributed by atoms with E-state index in [4.69, 9.17) is 42.1 Å². The lowest BCUT2D eigenvalue weighted by Crippen LogP contribution is -2.14. The summed E-state index contributed by atoms with van der Waals surface area (Å²) in [5, 5.41) is 0. The van der Waals surface area contributed by atoms with Crippen molar-refractivity contribution in [3.8, 4) is 41.9 Å². The van der Waals surface area contributed by atoms with E-state index in [0.717, 1.165) is 64.6 Å². The highest BCUT2D eigenvalue weighted by atomic mass is 32.1. The Hall–Kier alpha value is -6.09. The van der Waals surface area contributed by atoms with Crippen molar-refractivity contribution in [3.63, 3.8) is 0 Å². The molecule has 53 heavy (non-hydrogen) atoms. The number of imidazole rings is 2. The minimum absolute atomic E-state index is 0.0429. The summed E-state index contributed by atoms with van der Waals surface area (Å²) in [7, 11) is 0. The van der Waals surface area contributed by atoms with Crippen molar-refractivity contribution >= 4 is 40.1 Å². The molecule has 2 aromatic carbocycles. The fraction of sp³-hybridized carbons (Fsp3) is 0.175. The van der Waals surface area contributed by atoms with Crippen LogP contribution in [-0.4, -0.2) is 56.5 Å². The standard InChI is InChI=1S/C40H30N6O5S2/c1-5-26-17-30-37(52-26)34(28-13-9-7-11-24(28)3)41-19-32-36(43-21-45(30)32)40(47)49-23-48-15-16-50-51-39-33-20-42-35(29-14-10-8-12-25(29)4)38-31(46(33)22-44-39)18-27(6-2)53-38/h1-2,7-14,17-18,21-22H,15-16,19-20,23H2,3-4H3. The second-order valence-corrected chi connectivity index (χ2v) is 14.1. The molecule has 0 saturated carbocycles. The summed E-state index contributed by atoms with van der Waals surface area (Å²) in [5.74, 6) is 5.12. The van der Waals surface area contributed by atoms with Crippen LogP contribution in [0, 0.1) is 38.5 Å². The topological polar surface area (TPSA) is 114 Å². The molecule has 11 nitrogen and oxygen atoms in total. The normalized spacial score (nSPS) is 12.8. The Balaban J connectivity index is 0.889. The molecular formula is C40H30N6O5S2. The first-order valence-electron chi connectivity index (χ1n) is 16.5. The number of hydrogen-bond acceptors (Lipinski definition) is 11. The van der Waals surface area contributed by atoms with Gasteiger partial charge in [-0.05, 0) is 37.1 Å². The van der Waals surface area contributed by atoms with Crippen LogP contribution in [0.3, 0.4) is 0 Å². The molecular weight excluding hydrogens is 709 g/mol. The molecule has 8 rings (SSSR count). The van der Waals surface area contributed by atoms with Gasteiger partial charge in [0.2, 0.25) is 0 Å². The second kappa shape index (κ2) is 14.5. The van der Waals surface area contributed by atoms with E-state index in [1.165, 1.54) is 22.7 Å². The van der Waals surface area contributed by atoms with Crippen molar-refractivity contribution in [1.82, 2.24) is 19.1 Å². The van der Waals surface area contributed by atoms with E-state index in [2.05, 4.69) is 40.9 Å². The van der Waals surface area contributed by atoms with Gasteiger partial charge in [0.05, 0.1) is 67.7 Å². The molecule has 0 radical (unpaired) electrons. The Morgan fingerprint density at radius 3 is 1.96 bits per heavy atom. The zero-order valence-electron chi connectivity index (χ0n) is 28.7. The highest BCUT2D eigenvalue weighted by Gasteiger charge is 2.28. The number of carbonyl (C=O) groups excluding carboxylic acids is 1. The summed E-state index contributed by atoms with van der Waals surface area (Å²) in [6.45, 7) is 4.45. The first-order chi connectivity index (χ1) is 25.9. The highest BCUT2D eigenvalue weighted by Crippen LogP contribution is 2.36. The third kappa shape index (κ3) is 6.37. The number of nitrogens with zero attached hydrogens (tertiary/aromatic N) is 6. The summed E-state index contributed by atoms with van der Waals surface area (Å²) in [6, 6.07) is 20.0. The fourth-order valence-electron chi connectivity index (χ4n) is 6.24. The molecule has 0 unspecified atom stereocenters. The maximum absolute atomic E-state index is 13.2. The van der Waals surface area contributed by atoms with Crippen molar-refractivity contribution in [2.24, 2.45) is 9.98 Å². The van der Waals surface area contributed by atoms with Crippen molar-refractivity contribution < 1.29 is 24.0 Å². The maximum atomic E-state index is 13.2. The van der Waals surface area contributed by atoms with Gasteiger partial charge < -0.3 is 14.4 Å². The fourth-order valence-corrected chi connectivity index (χ4v) is 8.21. The molecule has 0 fully saturated rings. The largest absolute Gasteiger partial charge is 0.434 e. The third-order valence-electron chi connectivity index (χ3n) is 8.84. The summed E-state index contributed by atoms with van der Waals surface area (Å²) < 4.78 is 14.7. The van der Waals surface area contributed by atoms with E-state index in [-0.39, 0.29) is 38.1 Å². The van der Waals surface area contributed by atoms with Crippen LogP contribution in [0.5, 0.6) is 5.88 Å². The molecule has 262 valence electrons. The number of terminal acetylenes is 2. The lowest BCUT2D eigenvalue weighted by molar-refractivity contribution is -0.221. The van der Waals surface area contributed by atoms with Gasteiger partial charge in [0, 0.05) is 11.1 Å².